The number of alkyl halides is 2. The van der Waals surface area contributed by atoms with Gasteiger partial charge in [-0.25, -0.2) is 9.37 Å². The molecule has 0 saturated carbocycles. The van der Waals surface area contributed by atoms with E-state index in [4.69, 9.17) is 15.6 Å². The van der Waals surface area contributed by atoms with Gasteiger partial charge in [0.15, 0.2) is 17.4 Å². The molecule has 2 aromatic rings. The Kier molecular flexibility index (Phi) is 3.24. The molecule has 2 aromatic heterocycles. The smallest absolute Gasteiger partial charge is 0.280 e. The van der Waals surface area contributed by atoms with Crippen LogP contribution in [0, 0.1) is 0 Å². The van der Waals surface area contributed by atoms with Crippen LogP contribution in [-0.4, -0.2) is 53.1 Å². The molecule has 9 nitrogen and oxygen atoms in total. The molecule has 1 fully saturated rings. The van der Waals surface area contributed by atoms with Crippen molar-refractivity contribution in [3.63, 3.8) is 0 Å². The van der Waals surface area contributed by atoms with Crippen molar-refractivity contribution in [1.29, 1.82) is 0 Å². The molecular weight excluding hydrogens is 353 g/mol. The Morgan fingerprint density at radius 2 is 2.38 bits per heavy atom. The quantitative estimate of drug-likeness (QED) is 0.502. The molecule has 1 saturated heterocycles. The number of H-pyrrole nitrogens is 1. The second kappa shape index (κ2) is 4.73. The first kappa shape index (κ1) is 14.4. The van der Waals surface area contributed by atoms with E-state index in [1.54, 1.807) is 0 Å². The van der Waals surface area contributed by atoms with Gasteiger partial charge in [0.1, 0.15) is 12.2 Å². The lowest BCUT2D eigenvalue weighted by molar-refractivity contribution is -0.0472. The lowest BCUT2D eigenvalue weighted by Crippen LogP contribution is -2.38. The molecule has 11 heteroatoms. The SMILES string of the molecule is Nc1nc2c(ncn2[C@@H]2O[C@H](CO)[C@@H](O)[C@]2(F)Br)c(=O)[nH]1. The van der Waals surface area contributed by atoms with Crippen molar-refractivity contribution >= 4 is 33.0 Å². The number of rotatable bonds is 2. The number of ether oxygens (including phenoxy) is 1. The molecule has 21 heavy (non-hydrogen) atoms. The van der Waals surface area contributed by atoms with Crippen LogP contribution in [0.4, 0.5) is 10.3 Å². The van der Waals surface area contributed by atoms with Gasteiger partial charge < -0.3 is 20.7 Å². The third-order valence-electron chi connectivity index (χ3n) is 3.26. The van der Waals surface area contributed by atoms with E-state index in [0.29, 0.717) is 0 Å². The topological polar surface area (TPSA) is 139 Å². The molecule has 0 radical (unpaired) electrons. The Labute approximate surface area is 124 Å². The summed E-state index contributed by atoms with van der Waals surface area (Å²) in [5.41, 5.74) is 4.84. The summed E-state index contributed by atoms with van der Waals surface area (Å²) in [5.74, 6) is -0.162. The van der Waals surface area contributed by atoms with Crippen molar-refractivity contribution in [2.24, 2.45) is 0 Å². The molecule has 0 aliphatic carbocycles. The minimum Gasteiger partial charge on any atom is -0.394 e. The maximum Gasteiger partial charge on any atom is 0.280 e. The van der Waals surface area contributed by atoms with Gasteiger partial charge in [-0.15, -0.1) is 0 Å². The van der Waals surface area contributed by atoms with E-state index in [9.17, 15) is 14.3 Å². The zero-order chi connectivity index (χ0) is 15.4. The first-order valence-electron chi connectivity index (χ1n) is 5.90. The monoisotopic (exact) mass is 363 g/mol. The maximum absolute atomic E-state index is 14.6. The van der Waals surface area contributed by atoms with E-state index in [2.05, 4.69) is 30.9 Å². The van der Waals surface area contributed by atoms with Gasteiger partial charge in [-0.1, -0.05) is 0 Å². The summed E-state index contributed by atoms with van der Waals surface area (Å²) >= 11 is 2.75. The number of imidazole rings is 1. The number of anilines is 1. The second-order valence-corrected chi connectivity index (χ2v) is 5.82. The average Bonchev–Trinajstić information content (AvgIpc) is 2.91. The van der Waals surface area contributed by atoms with E-state index < -0.39 is 35.2 Å². The minimum atomic E-state index is -2.38. The van der Waals surface area contributed by atoms with E-state index in [0.717, 1.165) is 10.9 Å². The lowest BCUT2D eigenvalue weighted by atomic mass is 10.1. The Morgan fingerprint density at radius 3 is 3.00 bits per heavy atom. The maximum atomic E-state index is 14.6. The van der Waals surface area contributed by atoms with E-state index in [1.165, 1.54) is 0 Å². The fraction of sp³-hybridized carbons (Fsp3) is 0.500. The number of hydrogen-bond donors (Lipinski definition) is 4. The Balaban J connectivity index is 2.15. The summed E-state index contributed by atoms with van der Waals surface area (Å²) in [6, 6.07) is 0. The molecule has 0 unspecified atom stereocenters. The number of fused-ring (bicyclic) bond motifs is 1. The van der Waals surface area contributed by atoms with Gasteiger partial charge in [-0.05, 0) is 15.9 Å². The number of aliphatic hydroxyl groups excluding tert-OH is 2. The molecule has 0 spiro atoms. The first-order valence-corrected chi connectivity index (χ1v) is 6.70. The number of aliphatic hydroxyl groups is 2. The average molecular weight is 364 g/mol. The van der Waals surface area contributed by atoms with Crippen LogP contribution >= 0.6 is 15.9 Å². The molecule has 1 aliphatic heterocycles. The van der Waals surface area contributed by atoms with Crippen molar-refractivity contribution in [1.82, 2.24) is 19.5 Å². The molecule has 3 heterocycles. The summed E-state index contributed by atoms with van der Waals surface area (Å²) < 4.78 is 18.7. The summed E-state index contributed by atoms with van der Waals surface area (Å²) in [6.45, 7) is -0.572. The molecule has 0 aromatic carbocycles. The second-order valence-electron chi connectivity index (χ2n) is 4.60. The number of nitrogens with one attached hydrogen (secondary N) is 1. The standard InChI is InChI=1S/C10H11BrFN5O4/c11-10(12)5(19)3(1-18)21-8(10)17-2-14-4-6(17)15-9(13)16-7(4)20/h2-3,5,8,18-19H,1H2,(H3,13,15,16,20)/t3-,5-,8-,10-/m1/s1. The van der Waals surface area contributed by atoms with Gasteiger partial charge in [0, 0.05) is 0 Å². The number of aromatic amines is 1. The van der Waals surface area contributed by atoms with Crippen LogP contribution in [0.25, 0.3) is 11.2 Å². The first-order chi connectivity index (χ1) is 9.86. The van der Waals surface area contributed by atoms with Crippen LogP contribution < -0.4 is 11.3 Å². The fourth-order valence-corrected chi connectivity index (χ4v) is 2.86. The van der Waals surface area contributed by atoms with Crippen molar-refractivity contribution in [3.05, 3.63) is 16.7 Å². The number of aromatic nitrogens is 4. The molecule has 114 valence electrons. The van der Waals surface area contributed by atoms with Crippen molar-refractivity contribution in [2.75, 3.05) is 12.3 Å². The summed E-state index contributed by atoms with van der Waals surface area (Å²) in [7, 11) is 0. The predicted molar refractivity (Wildman–Crippen MR) is 72.3 cm³/mol. The predicted octanol–water partition coefficient (Wildman–Crippen LogP) is -0.987. The van der Waals surface area contributed by atoms with Gasteiger partial charge in [0.2, 0.25) is 10.5 Å². The minimum absolute atomic E-state index is 0.00788. The van der Waals surface area contributed by atoms with Crippen LogP contribution in [0.2, 0.25) is 0 Å². The normalized spacial score (nSPS) is 32.9. The van der Waals surface area contributed by atoms with Gasteiger partial charge in [-0.3, -0.25) is 14.3 Å². The highest BCUT2D eigenvalue weighted by atomic mass is 79.9. The van der Waals surface area contributed by atoms with Crippen molar-refractivity contribution in [2.45, 2.75) is 23.0 Å². The third kappa shape index (κ3) is 2.04. The van der Waals surface area contributed by atoms with Gasteiger partial charge in [0.25, 0.3) is 5.56 Å². The van der Waals surface area contributed by atoms with Crippen molar-refractivity contribution in [3.8, 4) is 0 Å². The van der Waals surface area contributed by atoms with Crippen LogP contribution in [0.5, 0.6) is 0 Å². The number of nitrogen functional groups attached to an aromatic ring is 1. The molecule has 0 bridgehead atoms. The highest BCUT2D eigenvalue weighted by Gasteiger charge is 2.57. The Hall–Kier alpha value is -1.56. The lowest BCUT2D eigenvalue weighted by Gasteiger charge is -2.22. The molecular formula is C10H11BrFN5O4. The summed E-state index contributed by atoms with van der Waals surface area (Å²) in [4.78, 5) is 21.7. The van der Waals surface area contributed by atoms with Crippen LogP contribution in [-0.2, 0) is 4.74 Å². The van der Waals surface area contributed by atoms with E-state index in [1.807, 2.05) is 0 Å². The summed E-state index contributed by atoms with van der Waals surface area (Å²) in [5, 5.41) is 18.9. The highest BCUT2D eigenvalue weighted by Crippen LogP contribution is 2.46. The van der Waals surface area contributed by atoms with E-state index in [-0.39, 0.29) is 17.1 Å². The zero-order valence-electron chi connectivity index (χ0n) is 10.4. The molecule has 0 amide bonds. The van der Waals surface area contributed by atoms with Gasteiger partial charge in [0.05, 0.1) is 12.9 Å². The Morgan fingerprint density at radius 1 is 1.67 bits per heavy atom. The Bertz CT molecular complexity index is 747. The van der Waals surface area contributed by atoms with Gasteiger partial charge in [-0.2, -0.15) is 4.98 Å². The van der Waals surface area contributed by atoms with Crippen molar-refractivity contribution < 1.29 is 19.3 Å². The molecule has 5 N–H and O–H groups in total. The molecule has 1 aliphatic rings. The fourth-order valence-electron chi connectivity index (χ4n) is 2.23. The number of nitrogens with two attached hydrogens (primary N) is 1. The van der Waals surface area contributed by atoms with Crippen LogP contribution in [0.1, 0.15) is 6.23 Å². The van der Waals surface area contributed by atoms with Crippen LogP contribution in [0.3, 0.4) is 0 Å². The number of halogens is 2. The molecule has 3 rings (SSSR count). The third-order valence-corrected chi connectivity index (χ3v) is 4.12. The van der Waals surface area contributed by atoms with Crippen LogP contribution in [0.15, 0.2) is 11.1 Å². The zero-order valence-corrected chi connectivity index (χ0v) is 12.0. The number of hydrogen-bond acceptors (Lipinski definition) is 7. The number of nitrogens with zero attached hydrogens (tertiary/aromatic N) is 3. The van der Waals surface area contributed by atoms with Gasteiger partial charge >= 0.3 is 0 Å². The van der Waals surface area contributed by atoms with E-state index >= 15 is 0 Å². The molecule has 4 atom stereocenters. The summed E-state index contributed by atoms with van der Waals surface area (Å²) in [6.07, 6.45) is -2.96. The highest BCUT2D eigenvalue weighted by molar-refractivity contribution is 9.10. The largest absolute Gasteiger partial charge is 0.394 e.